The number of rotatable bonds is 7. The Morgan fingerprint density at radius 3 is 2.17 bits per heavy atom. The molecule has 178 valence electrons. The molecule has 0 radical (unpaired) electrons. The van der Waals surface area contributed by atoms with Crippen molar-refractivity contribution in [2.24, 2.45) is 11.3 Å². The third-order valence-corrected chi connectivity index (χ3v) is 5.62. The topological polar surface area (TPSA) is 98.1 Å². The van der Waals surface area contributed by atoms with Crippen LogP contribution in [-0.4, -0.2) is 31.0 Å². The highest BCUT2D eigenvalue weighted by atomic mass is 19.1. The smallest absolute Gasteiger partial charge is 0.322 e. The Morgan fingerprint density at radius 2 is 1.57 bits per heavy atom. The molecule has 2 atom stereocenters. The Labute approximate surface area is 202 Å². The van der Waals surface area contributed by atoms with E-state index in [0.29, 0.717) is 22.8 Å². The van der Waals surface area contributed by atoms with Gasteiger partial charge in [0.2, 0.25) is 0 Å². The van der Waals surface area contributed by atoms with Gasteiger partial charge in [-0.25, -0.2) is 19.3 Å². The highest BCUT2D eigenvalue weighted by Crippen LogP contribution is 2.42. The van der Waals surface area contributed by atoms with E-state index >= 15 is 0 Å². The lowest BCUT2D eigenvalue weighted by atomic mass is 9.69. The van der Waals surface area contributed by atoms with Gasteiger partial charge in [-0.1, -0.05) is 32.9 Å². The number of carboxylic acid groups (broad SMARTS) is 1. The van der Waals surface area contributed by atoms with Crippen molar-refractivity contribution in [2.75, 3.05) is 0 Å². The fourth-order valence-corrected chi connectivity index (χ4v) is 4.02. The summed E-state index contributed by atoms with van der Waals surface area (Å²) >= 11 is 0. The van der Waals surface area contributed by atoms with E-state index in [0.717, 1.165) is 5.56 Å². The first-order valence-corrected chi connectivity index (χ1v) is 11.1. The van der Waals surface area contributed by atoms with Gasteiger partial charge in [0.25, 0.3) is 0 Å². The molecule has 4 rings (SSSR count). The van der Waals surface area contributed by atoms with Crippen LogP contribution in [-0.2, 0) is 4.79 Å². The van der Waals surface area contributed by atoms with Crippen molar-refractivity contribution < 1.29 is 19.0 Å². The molecule has 0 amide bonds. The van der Waals surface area contributed by atoms with E-state index in [1.165, 1.54) is 18.3 Å². The van der Waals surface area contributed by atoms with Crippen LogP contribution in [0, 0.1) is 17.2 Å². The summed E-state index contributed by atoms with van der Waals surface area (Å²) in [5.74, 6) is -1.73. The molecule has 0 saturated heterocycles. The summed E-state index contributed by atoms with van der Waals surface area (Å²) < 4.78 is 19.5. The summed E-state index contributed by atoms with van der Waals surface area (Å²) in [7, 11) is 0. The van der Waals surface area contributed by atoms with Crippen LogP contribution >= 0.6 is 0 Å². The Bertz CT molecular complexity index is 1290. The van der Waals surface area contributed by atoms with E-state index in [-0.39, 0.29) is 6.01 Å². The van der Waals surface area contributed by atoms with Crippen LogP contribution < -0.4 is 4.74 Å². The lowest BCUT2D eigenvalue weighted by Gasteiger charge is -2.34. The van der Waals surface area contributed by atoms with E-state index in [2.05, 4.69) is 19.9 Å². The average Bonchev–Trinajstić information content (AvgIpc) is 2.83. The zero-order valence-corrected chi connectivity index (χ0v) is 19.6. The van der Waals surface area contributed by atoms with Gasteiger partial charge in [0, 0.05) is 30.1 Å². The summed E-state index contributed by atoms with van der Waals surface area (Å²) in [6.45, 7) is 5.58. The normalized spacial score (nSPS) is 13.1. The zero-order valence-electron chi connectivity index (χ0n) is 19.6. The zero-order chi connectivity index (χ0) is 25.0. The molecular formula is C27H25FN4O3. The van der Waals surface area contributed by atoms with Crippen LogP contribution in [0.2, 0.25) is 0 Å². The first-order valence-electron chi connectivity index (χ1n) is 11.1. The molecule has 7 nitrogen and oxygen atoms in total. The Morgan fingerprint density at radius 1 is 0.914 bits per heavy atom. The van der Waals surface area contributed by atoms with E-state index in [1.807, 2.05) is 32.9 Å². The summed E-state index contributed by atoms with van der Waals surface area (Å²) in [6.07, 6.45) is 4.87. The third-order valence-electron chi connectivity index (χ3n) is 5.62. The number of halogens is 1. The molecule has 2 unspecified atom stereocenters. The fraction of sp³-hybridized carbons (Fsp3) is 0.222. The van der Waals surface area contributed by atoms with E-state index < -0.39 is 29.0 Å². The van der Waals surface area contributed by atoms with Gasteiger partial charge in [-0.15, -0.1) is 0 Å². The lowest BCUT2D eigenvalue weighted by molar-refractivity contribution is -0.146. The SMILES string of the molecule is CC(C)(C)C(C(=O)O)C(c1ccc(F)cc1)c1ccnc(Oc2ccc(-c3ncccn3)cc2)n1. The molecule has 35 heavy (non-hydrogen) atoms. The molecule has 0 spiro atoms. The van der Waals surface area contributed by atoms with E-state index in [4.69, 9.17) is 4.74 Å². The molecule has 0 fully saturated rings. The minimum absolute atomic E-state index is 0.0800. The first-order chi connectivity index (χ1) is 16.7. The summed E-state index contributed by atoms with van der Waals surface area (Å²) in [4.78, 5) is 29.6. The predicted octanol–water partition coefficient (Wildman–Crippen LogP) is 5.74. The van der Waals surface area contributed by atoms with Crippen LogP contribution in [0.3, 0.4) is 0 Å². The van der Waals surface area contributed by atoms with Gasteiger partial charge in [-0.05, 0) is 59.5 Å². The van der Waals surface area contributed by atoms with Gasteiger partial charge in [-0.2, -0.15) is 4.98 Å². The second-order valence-corrected chi connectivity index (χ2v) is 9.17. The van der Waals surface area contributed by atoms with Crippen molar-refractivity contribution in [3.05, 3.63) is 96.3 Å². The maximum Gasteiger partial charge on any atom is 0.322 e. The van der Waals surface area contributed by atoms with Gasteiger partial charge in [0.1, 0.15) is 11.6 Å². The van der Waals surface area contributed by atoms with Gasteiger partial charge in [-0.3, -0.25) is 4.79 Å². The molecule has 2 aromatic carbocycles. The number of benzene rings is 2. The molecule has 1 N–H and O–H groups in total. The minimum Gasteiger partial charge on any atom is -0.481 e. The van der Waals surface area contributed by atoms with Crippen molar-refractivity contribution in [3.63, 3.8) is 0 Å². The molecule has 0 bridgehead atoms. The number of hydrogen-bond acceptors (Lipinski definition) is 6. The molecule has 8 heteroatoms. The van der Waals surface area contributed by atoms with Crippen molar-refractivity contribution in [3.8, 4) is 23.1 Å². The first kappa shape index (κ1) is 23.9. The number of carbonyl (C=O) groups is 1. The number of carboxylic acids is 1. The van der Waals surface area contributed by atoms with Crippen LogP contribution in [0.15, 0.2) is 79.3 Å². The van der Waals surface area contributed by atoms with Crippen LogP contribution in [0.5, 0.6) is 11.8 Å². The number of nitrogens with zero attached hydrogens (tertiary/aromatic N) is 4. The molecule has 4 aromatic rings. The maximum atomic E-state index is 13.6. The Kier molecular flexibility index (Phi) is 6.82. The fourth-order valence-electron chi connectivity index (χ4n) is 4.02. The highest BCUT2D eigenvalue weighted by Gasteiger charge is 2.40. The lowest BCUT2D eigenvalue weighted by Crippen LogP contribution is -2.35. The molecule has 0 aliphatic heterocycles. The molecule has 0 saturated carbocycles. The van der Waals surface area contributed by atoms with Crippen LogP contribution in [0.25, 0.3) is 11.4 Å². The standard InChI is InChI=1S/C27H25FN4O3/c1-27(2,3)23(25(33)34)22(17-5-9-19(28)10-6-17)21-13-16-31-26(32-21)35-20-11-7-18(8-12-20)24-29-14-4-15-30-24/h4-16,22-23H,1-3H3,(H,33,34). The second kappa shape index (κ2) is 9.97. The summed E-state index contributed by atoms with van der Waals surface area (Å²) in [6, 6.07) is 16.5. The minimum atomic E-state index is -0.966. The maximum absolute atomic E-state index is 13.6. The average molecular weight is 473 g/mol. The second-order valence-electron chi connectivity index (χ2n) is 9.17. The number of aliphatic carboxylic acids is 1. The number of ether oxygens (including phenoxy) is 1. The van der Waals surface area contributed by atoms with Crippen molar-refractivity contribution in [2.45, 2.75) is 26.7 Å². The Hall–Kier alpha value is -4.20. The van der Waals surface area contributed by atoms with Crippen molar-refractivity contribution in [1.82, 2.24) is 19.9 Å². The van der Waals surface area contributed by atoms with Gasteiger partial charge in [0.05, 0.1) is 11.6 Å². The summed E-state index contributed by atoms with van der Waals surface area (Å²) in [5.41, 5.74) is 1.34. The van der Waals surface area contributed by atoms with E-state index in [9.17, 15) is 14.3 Å². The molecule has 2 heterocycles. The van der Waals surface area contributed by atoms with E-state index in [1.54, 1.807) is 48.8 Å². The monoisotopic (exact) mass is 472 g/mol. The van der Waals surface area contributed by atoms with Gasteiger partial charge >= 0.3 is 12.0 Å². The Balaban J connectivity index is 1.67. The van der Waals surface area contributed by atoms with Gasteiger partial charge < -0.3 is 9.84 Å². The largest absolute Gasteiger partial charge is 0.481 e. The number of hydrogen-bond donors (Lipinski definition) is 1. The molecule has 0 aliphatic rings. The molecule has 2 aromatic heterocycles. The molecule has 0 aliphatic carbocycles. The van der Waals surface area contributed by atoms with Gasteiger partial charge in [0.15, 0.2) is 5.82 Å². The van der Waals surface area contributed by atoms with Crippen LogP contribution in [0.1, 0.15) is 37.9 Å². The quantitative estimate of drug-likeness (QED) is 0.366. The highest BCUT2D eigenvalue weighted by molar-refractivity contribution is 5.73. The predicted molar refractivity (Wildman–Crippen MR) is 128 cm³/mol. The van der Waals surface area contributed by atoms with Crippen LogP contribution in [0.4, 0.5) is 4.39 Å². The van der Waals surface area contributed by atoms with Crippen molar-refractivity contribution >= 4 is 5.97 Å². The molecular weight excluding hydrogens is 447 g/mol. The third kappa shape index (κ3) is 5.66. The number of aromatic nitrogens is 4. The summed E-state index contributed by atoms with van der Waals surface area (Å²) in [5, 5.41) is 10.1. The van der Waals surface area contributed by atoms with Crippen molar-refractivity contribution in [1.29, 1.82) is 0 Å².